The number of unbranched alkanes of at least 4 members (excludes halogenated alkanes) is 3. The lowest BCUT2D eigenvalue weighted by atomic mass is 9.97. The van der Waals surface area contributed by atoms with E-state index < -0.39 is 0 Å². The van der Waals surface area contributed by atoms with Crippen molar-refractivity contribution in [2.75, 3.05) is 7.11 Å². The Morgan fingerprint density at radius 1 is 1.47 bits per heavy atom. The number of allylic oxidation sites excluding steroid dienone is 2. The monoisotopic (exact) mass is 238 g/mol. The van der Waals surface area contributed by atoms with Gasteiger partial charge in [-0.2, -0.15) is 0 Å². The zero-order valence-electron chi connectivity index (χ0n) is 10.8. The molecular formula is C14H22O3. The van der Waals surface area contributed by atoms with Gasteiger partial charge in [-0.05, 0) is 30.8 Å². The number of hydrogen-bond donors (Lipinski definition) is 0. The van der Waals surface area contributed by atoms with Crippen LogP contribution in [-0.4, -0.2) is 18.9 Å². The van der Waals surface area contributed by atoms with Crippen molar-refractivity contribution in [2.45, 2.75) is 51.9 Å². The average molecular weight is 238 g/mol. The summed E-state index contributed by atoms with van der Waals surface area (Å²) >= 11 is 0. The number of rotatable bonds is 6. The molecule has 0 aromatic carbocycles. The van der Waals surface area contributed by atoms with Gasteiger partial charge in [0.25, 0.3) is 0 Å². The van der Waals surface area contributed by atoms with Crippen LogP contribution in [0.25, 0.3) is 0 Å². The van der Waals surface area contributed by atoms with E-state index in [-0.39, 0.29) is 17.7 Å². The molecule has 1 aliphatic rings. The van der Waals surface area contributed by atoms with Crippen molar-refractivity contribution in [1.29, 1.82) is 0 Å². The number of Topliss-reactive ketones (excluding diaryl/α,β-unsaturated/α-hetero) is 1. The molecule has 0 amide bonds. The molecule has 1 aliphatic carbocycles. The first-order valence-corrected chi connectivity index (χ1v) is 6.49. The first-order chi connectivity index (χ1) is 8.19. The third-order valence-corrected chi connectivity index (χ3v) is 3.29. The SMILES string of the molecule is CCCCC/C=C1\C(=O)CCC1CC(=O)OC. The number of carbonyl (C=O) groups excluding carboxylic acids is 2. The van der Waals surface area contributed by atoms with Gasteiger partial charge >= 0.3 is 5.97 Å². The Bertz CT molecular complexity index is 305. The molecule has 0 aliphatic heterocycles. The molecule has 1 fully saturated rings. The quantitative estimate of drug-likeness (QED) is 0.406. The van der Waals surface area contributed by atoms with Gasteiger partial charge in [0.05, 0.1) is 13.5 Å². The number of esters is 1. The summed E-state index contributed by atoms with van der Waals surface area (Å²) < 4.78 is 4.66. The molecule has 1 unspecified atom stereocenters. The molecule has 1 rings (SSSR count). The Labute approximate surface area is 103 Å². The maximum atomic E-state index is 11.7. The lowest BCUT2D eigenvalue weighted by Gasteiger charge is -2.09. The van der Waals surface area contributed by atoms with Crippen LogP contribution in [0, 0.1) is 5.92 Å². The lowest BCUT2D eigenvalue weighted by Crippen LogP contribution is -2.10. The van der Waals surface area contributed by atoms with Crippen molar-refractivity contribution >= 4 is 11.8 Å². The van der Waals surface area contributed by atoms with Crippen molar-refractivity contribution in [2.24, 2.45) is 5.92 Å². The predicted molar refractivity (Wildman–Crippen MR) is 66.6 cm³/mol. The van der Waals surface area contributed by atoms with E-state index in [1.807, 2.05) is 6.08 Å². The molecule has 0 aromatic heterocycles. The second kappa shape index (κ2) is 7.25. The fourth-order valence-corrected chi connectivity index (χ4v) is 2.26. The van der Waals surface area contributed by atoms with Gasteiger partial charge in [0.2, 0.25) is 0 Å². The molecule has 0 bridgehead atoms. The number of hydrogen-bond acceptors (Lipinski definition) is 3. The van der Waals surface area contributed by atoms with Crippen LogP contribution in [0.4, 0.5) is 0 Å². The molecule has 0 radical (unpaired) electrons. The summed E-state index contributed by atoms with van der Waals surface area (Å²) in [4.78, 5) is 22.9. The summed E-state index contributed by atoms with van der Waals surface area (Å²) in [5, 5.41) is 0. The zero-order valence-corrected chi connectivity index (χ0v) is 10.8. The van der Waals surface area contributed by atoms with E-state index in [4.69, 9.17) is 0 Å². The first-order valence-electron chi connectivity index (χ1n) is 6.49. The van der Waals surface area contributed by atoms with E-state index in [0.717, 1.165) is 24.8 Å². The first kappa shape index (κ1) is 13.9. The summed E-state index contributed by atoms with van der Waals surface area (Å²) in [6.45, 7) is 2.16. The van der Waals surface area contributed by atoms with Gasteiger partial charge in [-0.25, -0.2) is 0 Å². The Morgan fingerprint density at radius 2 is 2.24 bits per heavy atom. The predicted octanol–water partition coefficient (Wildman–Crippen LogP) is 3.04. The Kier molecular flexibility index (Phi) is 5.95. The van der Waals surface area contributed by atoms with Crippen LogP contribution >= 0.6 is 0 Å². The third-order valence-electron chi connectivity index (χ3n) is 3.29. The van der Waals surface area contributed by atoms with Crippen molar-refractivity contribution in [3.8, 4) is 0 Å². The number of carbonyl (C=O) groups is 2. The largest absolute Gasteiger partial charge is 0.469 e. The molecule has 0 spiro atoms. The highest BCUT2D eigenvalue weighted by molar-refractivity contribution is 5.98. The van der Waals surface area contributed by atoms with Crippen LogP contribution in [0.2, 0.25) is 0 Å². The van der Waals surface area contributed by atoms with Crippen LogP contribution in [-0.2, 0) is 14.3 Å². The third kappa shape index (κ3) is 4.33. The molecule has 0 heterocycles. The van der Waals surface area contributed by atoms with E-state index >= 15 is 0 Å². The normalized spacial score (nSPS) is 22.1. The van der Waals surface area contributed by atoms with Gasteiger partial charge in [-0.15, -0.1) is 0 Å². The minimum atomic E-state index is -0.218. The standard InChI is InChI=1S/C14H22O3/c1-3-4-5-6-7-12-11(8-9-13(12)15)10-14(16)17-2/h7,11H,3-6,8-10H2,1-2H3/b12-7-. The number of ketones is 1. The van der Waals surface area contributed by atoms with Crippen LogP contribution < -0.4 is 0 Å². The zero-order chi connectivity index (χ0) is 12.7. The summed E-state index contributed by atoms with van der Waals surface area (Å²) in [6, 6.07) is 0. The molecule has 0 aromatic rings. The van der Waals surface area contributed by atoms with Crippen LogP contribution in [0.5, 0.6) is 0 Å². The van der Waals surface area contributed by atoms with Crippen molar-refractivity contribution in [1.82, 2.24) is 0 Å². The van der Waals surface area contributed by atoms with Crippen LogP contribution in [0.1, 0.15) is 51.9 Å². The van der Waals surface area contributed by atoms with E-state index in [2.05, 4.69) is 11.7 Å². The fraction of sp³-hybridized carbons (Fsp3) is 0.714. The molecule has 96 valence electrons. The van der Waals surface area contributed by atoms with Gasteiger partial charge in [0.1, 0.15) is 0 Å². The average Bonchev–Trinajstić information content (AvgIpc) is 2.66. The van der Waals surface area contributed by atoms with Crippen LogP contribution in [0.3, 0.4) is 0 Å². The van der Waals surface area contributed by atoms with E-state index in [1.54, 1.807) is 0 Å². The van der Waals surface area contributed by atoms with Gasteiger partial charge in [0, 0.05) is 6.42 Å². The second-order valence-corrected chi connectivity index (χ2v) is 4.59. The molecule has 1 saturated carbocycles. The highest BCUT2D eigenvalue weighted by Crippen LogP contribution is 2.31. The highest BCUT2D eigenvalue weighted by atomic mass is 16.5. The Balaban J connectivity index is 2.52. The van der Waals surface area contributed by atoms with Crippen molar-refractivity contribution < 1.29 is 14.3 Å². The van der Waals surface area contributed by atoms with Crippen LogP contribution in [0.15, 0.2) is 11.6 Å². The molecule has 0 saturated heterocycles. The fourth-order valence-electron chi connectivity index (χ4n) is 2.26. The molecule has 0 N–H and O–H groups in total. The topological polar surface area (TPSA) is 43.4 Å². The maximum Gasteiger partial charge on any atom is 0.306 e. The molecule has 17 heavy (non-hydrogen) atoms. The van der Waals surface area contributed by atoms with Crippen molar-refractivity contribution in [3.05, 3.63) is 11.6 Å². The molecular weight excluding hydrogens is 216 g/mol. The second-order valence-electron chi connectivity index (χ2n) is 4.59. The summed E-state index contributed by atoms with van der Waals surface area (Å²) in [5.74, 6) is 0.0936. The Hall–Kier alpha value is -1.12. The molecule has 1 atom stereocenters. The summed E-state index contributed by atoms with van der Waals surface area (Å²) in [5.41, 5.74) is 0.867. The van der Waals surface area contributed by atoms with E-state index in [0.29, 0.717) is 12.8 Å². The molecule has 3 nitrogen and oxygen atoms in total. The highest BCUT2D eigenvalue weighted by Gasteiger charge is 2.29. The summed E-state index contributed by atoms with van der Waals surface area (Å²) in [6.07, 6.45) is 8.22. The smallest absolute Gasteiger partial charge is 0.306 e. The lowest BCUT2D eigenvalue weighted by molar-refractivity contribution is -0.141. The van der Waals surface area contributed by atoms with Gasteiger partial charge < -0.3 is 4.74 Å². The maximum absolute atomic E-state index is 11.7. The van der Waals surface area contributed by atoms with Gasteiger partial charge in [-0.1, -0.05) is 25.8 Å². The van der Waals surface area contributed by atoms with E-state index in [9.17, 15) is 9.59 Å². The Morgan fingerprint density at radius 3 is 2.88 bits per heavy atom. The van der Waals surface area contributed by atoms with Gasteiger partial charge in [-0.3, -0.25) is 9.59 Å². The van der Waals surface area contributed by atoms with E-state index in [1.165, 1.54) is 20.0 Å². The summed E-state index contributed by atoms with van der Waals surface area (Å²) in [7, 11) is 1.39. The molecule has 3 heteroatoms. The number of methoxy groups -OCH3 is 1. The van der Waals surface area contributed by atoms with Crippen molar-refractivity contribution in [3.63, 3.8) is 0 Å². The minimum Gasteiger partial charge on any atom is -0.469 e. The van der Waals surface area contributed by atoms with Gasteiger partial charge in [0.15, 0.2) is 5.78 Å². The minimum absolute atomic E-state index is 0.0941. The number of ether oxygens (including phenoxy) is 1.